The number of guanidine groups is 1. The van der Waals surface area contributed by atoms with Crippen LogP contribution >= 0.6 is 0 Å². The van der Waals surface area contributed by atoms with Crippen LogP contribution in [0.25, 0.3) is 0 Å². The van der Waals surface area contributed by atoms with Crippen LogP contribution < -0.4 is 5.73 Å². The van der Waals surface area contributed by atoms with Crippen LogP contribution in [0.4, 0.5) is 0 Å². The molecule has 4 heteroatoms. The van der Waals surface area contributed by atoms with Gasteiger partial charge in [-0.3, -0.25) is 10.4 Å². The zero-order valence-corrected chi connectivity index (χ0v) is 7.01. The van der Waals surface area contributed by atoms with Crippen LogP contribution in [0, 0.1) is 5.41 Å². The highest BCUT2D eigenvalue weighted by Gasteiger charge is 2.18. The molecule has 0 aromatic heterocycles. The summed E-state index contributed by atoms with van der Waals surface area (Å²) < 4.78 is 0. The second-order valence-corrected chi connectivity index (χ2v) is 2.76. The van der Waals surface area contributed by atoms with Crippen molar-refractivity contribution in [2.75, 3.05) is 19.6 Å². The number of nitrogens with two attached hydrogens (primary N) is 1. The predicted octanol–water partition coefficient (Wildman–Crippen LogP) is 0.213. The standard InChI is InChI=1S/C7H16N4/c1-2-11(7(8)9)10-5-3-4-6-10/h2-6H2,1H3,(H3,8,9). The van der Waals surface area contributed by atoms with Crippen LogP contribution in [0.1, 0.15) is 19.8 Å². The van der Waals surface area contributed by atoms with E-state index in [-0.39, 0.29) is 5.96 Å². The van der Waals surface area contributed by atoms with E-state index in [2.05, 4.69) is 5.01 Å². The maximum Gasteiger partial charge on any atom is 0.203 e. The van der Waals surface area contributed by atoms with Gasteiger partial charge >= 0.3 is 0 Å². The smallest absolute Gasteiger partial charge is 0.203 e. The van der Waals surface area contributed by atoms with Gasteiger partial charge in [-0.1, -0.05) is 0 Å². The fraction of sp³-hybridized carbons (Fsp3) is 0.857. The third kappa shape index (κ3) is 1.83. The number of nitrogens with zero attached hydrogens (tertiary/aromatic N) is 2. The molecule has 1 aliphatic heterocycles. The molecule has 1 heterocycles. The summed E-state index contributed by atoms with van der Waals surface area (Å²) >= 11 is 0. The van der Waals surface area contributed by atoms with Crippen LogP contribution in [0.3, 0.4) is 0 Å². The summed E-state index contributed by atoms with van der Waals surface area (Å²) in [5, 5.41) is 11.2. The zero-order valence-electron chi connectivity index (χ0n) is 7.01. The molecule has 0 aromatic rings. The van der Waals surface area contributed by atoms with Gasteiger partial charge in [0.05, 0.1) is 0 Å². The van der Waals surface area contributed by atoms with Gasteiger partial charge in [-0.25, -0.2) is 5.01 Å². The normalized spacial score (nSPS) is 18.6. The molecule has 4 nitrogen and oxygen atoms in total. The van der Waals surface area contributed by atoms with E-state index in [0.29, 0.717) is 0 Å². The Hall–Kier alpha value is -0.770. The summed E-state index contributed by atoms with van der Waals surface area (Å²) in [6.45, 7) is 4.91. The maximum absolute atomic E-state index is 7.28. The molecule has 0 atom stereocenters. The number of hydrazine groups is 1. The highest BCUT2D eigenvalue weighted by molar-refractivity contribution is 5.73. The Kier molecular flexibility index (Phi) is 2.70. The van der Waals surface area contributed by atoms with Gasteiger partial charge in [0.15, 0.2) is 0 Å². The second kappa shape index (κ2) is 3.57. The Bertz CT molecular complexity index is 139. The predicted molar refractivity (Wildman–Crippen MR) is 45.1 cm³/mol. The summed E-state index contributed by atoms with van der Waals surface area (Å²) in [4.78, 5) is 0. The molecule has 0 unspecified atom stereocenters. The minimum atomic E-state index is 0.161. The van der Waals surface area contributed by atoms with Crippen LogP contribution in [0.15, 0.2) is 0 Å². The molecule has 0 bridgehead atoms. The maximum atomic E-state index is 7.28. The van der Waals surface area contributed by atoms with Crippen LogP contribution in [-0.2, 0) is 0 Å². The van der Waals surface area contributed by atoms with Crippen molar-refractivity contribution >= 4 is 5.96 Å². The first-order chi connectivity index (χ1) is 5.25. The van der Waals surface area contributed by atoms with Gasteiger partial charge in [-0.05, 0) is 19.8 Å². The average Bonchev–Trinajstić information content (AvgIpc) is 2.40. The van der Waals surface area contributed by atoms with Crippen LogP contribution in [0.2, 0.25) is 0 Å². The van der Waals surface area contributed by atoms with E-state index in [1.165, 1.54) is 12.8 Å². The Morgan fingerprint density at radius 1 is 1.55 bits per heavy atom. The largest absolute Gasteiger partial charge is 0.369 e. The van der Waals surface area contributed by atoms with Crippen LogP contribution in [0.5, 0.6) is 0 Å². The lowest BCUT2D eigenvalue weighted by Crippen LogP contribution is -2.47. The van der Waals surface area contributed by atoms with E-state index in [0.717, 1.165) is 19.6 Å². The molecule has 0 aliphatic carbocycles. The van der Waals surface area contributed by atoms with Crippen molar-refractivity contribution in [3.05, 3.63) is 0 Å². The summed E-state index contributed by atoms with van der Waals surface area (Å²) in [7, 11) is 0. The molecule has 11 heavy (non-hydrogen) atoms. The first kappa shape index (κ1) is 8.33. The monoisotopic (exact) mass is 156 g/mol. The van der Waals surface area contributed by atoms with Gasteiger partial charge in [-0.15, -0.1) is 0 Å². The molecule has 0 radical (unpaired) electrons. The quantitative estimate of drug-likeness (QED) is 0.444. The molecule has 0 aromatic carbocycles. The zero-order chi connectivity index (χ0) is 8.27. The third-order valence-electron chi connectivity index (χ3n) is 2.00. The highest BCUT2D eigenvalue weighted by Crippen LogP contribution is 2.09. The first-order valence-electron chi connectivity index (χ1n) is 4.12. The lowest BCUT2D eigenvalue weighted by molar-refractivity contribution is 0.0772. The second-order valence-electron chi connectivity index (χ2n) is 2.76. The minimum absolute atomic E-state index is 0.161. The molecular formula is C7H16N4. The van der Waals surface area contributed by atoms with Crippen molar-refractivity contribution in [1.29, 1.82) is 5.41 Å². The van der Waals surface area contributed by atoms with E-state index in [1.54, 1.807) is 0 Å². The lowest BCUT2D eigenvalue weighted by Gasteiger charge is -2.30. The Morgan fingerprint density at radius 2 is 2.09 bits per heavy atom. The number of hydrogen-bond donors (Lipinski definition) is 2. The molecule has 0 spiro atoms. The van der Waals surface area contributed by atoms with Gasteiger partial charge < -0.3 is 5.73 Å². The summed E-state index contributed by atoms with van der Waals surface area (Å²) in [6.07, 6.45) is 2.45. The topological polar surface area (TPSA) is 56.4 Å². The Labute approximate surface area is 67.4 Å². The minimum Gasteiger partial charge on any atom is -0.369 e. The van der Waals surface area contributed by atoms with Crippen molar-refractivity contribution in [3.8, 4) is 0 Å². The summed E-state index contributed by atoms with van der Waals surface area (Å²) in [5.41, 5.74) is 5.39. The van der Waals surface area contributed by atoms with E-state index >= 15 is 0 Å². The lowest BCUT2D eigenvalue weighted by atomic mass is 10.4. The number of hydrogen-bond acceptors (Lipinski definition) is 2. The Balaban J connectivity index is 2.46. The van der Waals surface area contributed by atoms with E-state index in [1.807, 2.05) is 11.9 Å². The summed E-state index contributed by atoms with van der Waals surface area (Å²) in [5.74, 6) is 0.161. The molecule has 1 saturated heterocycles. The van der Waals surface area contributed by atoms with Gasteiger partial charge in [0, 0.05) is 19.6 Å². The molecular weight excluding hydrogens is 140 g/mol. The number of nitrogens with one attached hydrogen (secondary N) is 1. The van der Waals surface area contributed by atoms with E-state index in [4.69, 9.17) is 11.1 Å². The van der Waals surface area contributed by atoms with Gasteiger partial charge in [0.1, 0.15) is 0 Å². The summed E-state index contributed by atoms with van der Waals surface area (Å²) in [6, 6.07) is 0. The molecule has 1 rings (SSSR count). The molecule has 0 saturated carbocycles. The molecule has 64 valence electrons. The van der Waals surface area contributed by atoms with Crippen LogP contribution in [-0.4, -0.2) is 35.6 Å². The fourth-order valence-corrected chi connectivity index (χ4v) is 1.46. The number of rotatable bonds is 2. The van der Waals surface area contributed by atoms with Crippen molar-refractivity contribution in [3.63, 3.8) is 0 Å². The Morgan fingerprint density at radius 3 is 2.45 bits per heavy atom. The van der Waals surface area contributed by atoms with Crippen molar-refractivity contribution < 1.29 is 0 Å². The van der Waals surface area contributed by atoms with Gasteiger partial charge in [0.2, 0.25) is 5.96 Å². The SMILES string of the molecule is CCN(C(=N)N)N1CCCC1. The van der Waals surface area contributed by atoms with Crippen molar-refractivity contribution in [2.24, 2.45) is 5.73 Å². The molecule has 0 amide bonds. The third-order valence-corrected chi connectivity index (χ3v) is 2.00. The van der Waals surface area contributed by atoms with Crippen molar-refractivity contribution in [2.45, 2.75) is 19.8 Å². The van der Waals surface area contributed by atoms with Gasteiger partial charge in [0.25, 0.3) is 0 Å². The molecule has 1 fully saturated rings. The van der Waals surface area contributed by atoms with E-state index < -0.39 is 0 Å². The van der Waals surface area contributed by atoms with E-state index in [9.17, 15) is 0 Å². The first-order valence-corrected chi connectivity index (χ1v) is 4.12. The van der Waals surface area contributed by atoms with Crippen molar-refractivity contribution in [1.82, 2.24) is 10.0 Å². The van der Waals surface area contributed by atoms with Gasteiger partial charge in [-0.2, -0.15) is 0 Å². The fourth-order valence-electron chi connectivity index (χ4n) is 1.46. The average molecular weight is 156 g/mol. The highest BCUT2D eigenvalue weighted by atomic mass is 15.7. The molecule has 1 aliphatic rings. The molecule has 3 N–H and O–H groups in total.